The number of carbonyl (C=O) groups excluding carboxylic acids is 2. The third-order valence-corrected chi connectivity index (χ3v) is 4.92. The van der Waals surface area contributed by atoms with E-state index in [9.17, 15) is 9.59 Å². The number of likely N-dealkylation sites (tertiary alicyclic amines) is 1. The molecule has 1 heterocycles. The maximum absolute atomic E-state index is 12.2. The lowest BCUT2D eigenvalue weighted by atomic mass is 9.96. The van der Waals surface area contributed by atoms with Crippen LogP contribution in [-0.2, 0) is 4.79 Å². The molecule has 1 saturated heterocycles. The highest BCUT2D eigenvalue weighted by molar-refractivity contribution is 5.96. The molecular weight excluding hydrogens is 266 g/mol. The van der Waals surface area contributed by atoms with Crippen molar-refractivity contribution in [2.45, 2.75) is 70.9 Å². The van der Waals surface area contributed by atoms with Crippen molar-refractivity contribution in [1.82, 2.24) is 15.5 Å². The SMILES string of the molecule is CC1CCN([C@H](C)C(=O)NC(=O)NC2CCCCC2)CC1. The summed E-state index contributed by atoms with van der Waals surface area (Å²) in [5.41, 5.74) is 0. The molecule has 1 saturated carbocycles. The number of nitrogens with zero attached hydrogens (tertiary/aromatic N) is 1. The molecule has 0 spiro atoms. The first-order valence-electron chi connectivity index (χ1n) is 8.41. The minimum absolute atomic E-state index is 0.183. The molecule has 0 aromatic heterocycles. The van der Waals surface area contributed by atoms with E-state index in [4.69, 9.17) is 0 Å². The number of hydrogen-bond acceptors (Lipinski definition) is 3. The fourth-order valence-corrected chi connectivity index (χ4v) is 3.27. The Morgan fingerprint density at radius 1 is 1.05 bits per heavy atom. The Hall–Kier alpha value is -1.10. The maximum Gasteiger partial charge on any atom is 0.321 e. The molecule has 2 aliphatic rings. The summed E-state index contributed by atoms with van der Waals surface area (Å²) in [7, 11) is 0. The lowest BCUT2D eigenvalue weighted by Gasteiger charge is -2.34. The molecule has 1 aliphatic heterocycles. The number of urea groups is 1. The molecule has 1 aliphatic carbocycles. The summed E-state index contributed by atoms with van der Waals surface area (Å²) in [6.45, 7) is 6.03. The summed E-state index contributed by atoms with van der Waals surface area (Å²) in [5.74, 6) is 0.559. The van der Waals surface area contributed by atoms with Gasteiger partial charge >= 0.3 is 6.03 Å². The number of carbonyl (C=O) groups is 2. The van der Waals surface area contributed by atoms with Crippen LogP contribution in [-0.4, -0.2) is 42.0 Å². The van der Waals surface area contributed by atoms with Gasteiger partial charge in [-0.05, 0) is 51.6 Å². The van der Waals surface area contributed by atoms with Crippen molar-refractivity contribution in [2.24, 2.45) is 5.92 Å². The maximum atomic E-state index is 12.2. The average molecular weight is 295 g/mol. The van der Waals surface area contributed by atoms with E-state index in [-0.39, 0.29) is 24.0 Å². The van der Waals surface area contributed by atoms with Gasteiger partial charge in [0.25, 0.3) is 0 Å². The summed E-state index contributed by atoms with van der Waals surface area (Å²) in [6.07, 6.45) is 7.91. The average Bonchev–Trinajstić information content (AvgIpc) is 2.48. The molecule has 0 bridgehead atoms. The minimum Gasteiger partial charge on any atom is -0.335 e. The van der Waals surface area contributed by atoms with Gasteiger partial charge in [0.05, 0.1) is 6.04 Å². The number of imide groups is 1. The fourth-order valence-electron chi connectivity index (χ4n) is 3.27. The van der Waals surface area contributed by atoms with E-state index in [0.29, 0.717) is 0 Å². The monoisotopic (exact) mass is 295 g/mol. The van der Waals surface area contributed by atoms with Crippen LogP contribution in [0.5, 0.6) is 0 Å². The molecule has 5 nitrogen and oxygen atoms in total. The molecular formula is C16H29N3O2. The number of rotatable bonds is 3. The molecule has 2 fully saturated rings. The van der Waals surface area contributed by atoms with Crippen LogP contribution >= 0.6 is 0 Å². The highest BCUT2D eigenvalue weighted by atomic mass is 16.2. The quantitative estimate of drug-likeness (QED) is 0.839. The van der Waals surface area contributed by atoms with Crippen molar-refractivity contribution in [3.8, 4) is 0 Å². The first-order chi connectivity index (χ1) is 10.1. The van der Waals surface area contributed by atoms with Crippen LogP contribution in [0.2, 0.25) is 0 Å². The van der Waals surface area contributed by atoms with Crippen molar-refractivity contribution in [1.29, 1.82) is 0 Å². The zero-order valence-electron chi connectivity index (χ0n) is 13.4. The number of amides is 3. The van der Waals surface area contributed by atoms with Gasteiger partial charge in [-0.15, -0.1) is 0 Å². The lowest BCUT2D eigenvalue weighted by Crippen LogP contribution is -2.52. The van der Waals surface area contributed by atoms with E-state index in [0.717, 1.165) is 44.7 Å². The first kappa shape index (κ1) is 16.3. The molecule has 0 unspecified atom stereocenters. The van der Waals surface area contributed by atoms with Gasteiger partial charge in [-0.25, -0.2) is 4.79 Å². The fraction of sp³-hybridized carbons (Fsp3) is 0.875. The largest absolute Gasteiger partial charge is 0.335 e. The zero-order chi connectivity index (χ0) is 15.2. The van der Waals surface area contributed by atoms with Crippen LogP contribution in [0, 0.1) is 5.92 Å². The Kier molecular flexibility index (Phi) is 6.03. The Morgan fingerprint density at radius 2 is 1.67 bits per heavy atom. The summed E-state index contributed by atoms with van der Waals surface area (Å²) in [6, 6.07) is -0.323. The summed E-state index contributed by atoms with van der Waals surface area (Å²) >= 11 is 0. The van der Waals surface area contributed by atoms with Gasteiger partial charge in [0.2, 0.25) is 5.91 Å². The predicted molar refractivity (Wildman–Crippen MR) is 83.0 cm³/mol. The number of hydrogen-bond donors (Lipinski definition) is 2. The minimum atomic E-state index is -0.330. The van der Waals surface area contributed by atoms with E-state index < -0.39 is 0 Å². The smallest absolute Gasteiger partial charge is 0.321 e. The molecule has 5 heteroatoms. The topological polar surface area (TPSA) is 61.4 Å². The van der Waals surface area contributed by atoms with Gasteiger partial charge in [0.15, 0.2) is 0 Å². The Balaban J connectivity index is 1.73. The van der Waals surface area contributed by atoms with Gasteiger partial charge in [-0.3, -0.25) is 15.0 Å². The number of piperidine rings is 1. The Labute approximate surface area is 127 Å². The van der Waals surface area contributed by atoms with Crippen molar-refractivity contribution >= 4 is 11.9 Å². The standard InChI is InChI=1S/C16H29N3O2/c1-12-8-10-19(11-9-12)13(2)15(20)18-16(21)17-14-6-4-3-5-7-14/h12-14H,3-11H2,1-2H3,(H2,17,18,20,21)/t13-/m1/s1. The first-order valence-corrected chi connectivity index (χ1v) is 8.41. The van der Waals surface area contributed by atoms with E-state index in [1.165, 1.54) is 19.3 Å². The van der Waals surface area contributed by atoms with Crippen molar-refractivity contribution in [3.63, 3.8) is 0 Å². The van der Waals surface area contributed by atoms with E-state index in [2.05, 4.69) is 22.5 Å². The van der Waals surface area contributed by atoms with Crippen LogP contribution in [0.15, 0.2) is 0 Å². The molecule has 21 heavy (non-hydrogen) atoms. The van der Waals surface area contributed by atoms with Crippen LogP contribution in [0.1, 0.15) is 58.8 Å². The van der Waals surface area contributed by atoms with Gasteiger partial charge in [-0.1, -0.05) is 26.2 Å². The second kappa shape index (κ2) is 7.78. The Morgan fingerprint density at radius 3 is 2.29 bits per heavy atom. The van der Waals surface area contributed by atoms with Crippen LogP contribution in [0.25, 0.3) is 0 Å². The van der Waals surface area contributed by atoms with Gasteiger partial charge in [-0.2, -0.15) is 0 Å². The highest BCUT2D eigenvalue weighted by Crippen LogP contribution is 2.18. The lowest BCUT2D eigenvalue weighted by molar-refractivity contribution is -0.125. The third kappa shape index (κ3) is 4.99. The molecule has 120 valence electrons. The number of nitrogens with one attached hydrogen (secondary N) is 2. The zero-order valence-corrected chi connectivity index (χ0v) is 13.4. The Bertz CT molecular complexity index is 359. The molecule has 0 radical (unpaired) electrons. The third-order valence-electron chi connectivity index (χ3n) is 4.92. The van der Waals surface area contributed by atoms with Gasteiger partial charge < -0.3 is 5.32 Å². The normalized spacial score (nSPS) is 23.5. The second-order valence-electron chi connectivity index (χ2n) is 6.69. The van der Waals surface area contributed by atoms with Crippen LogP contribution in [0.4, 0.5) is 4.79 Å². The molecule has 2 N–H and O–H groups in total. The van der Waals surface area contributed by atoms with E-state index in [1.807, 2.05) is 6.92 Å². The molecule has 3 amide bonds. The molecule has 0 aromatic carbocycles. The second-order valence-corrected chi connectivity index (χ2v) is 6.69. The van der Waals surface area contributed by atoms with Crippen molar-refractivity contribution < 1.29 is 9.59 Å². The molecule has 1 atom stereocenters. The summed E-state index contributed by atoms with van der Waals surface area (Å²) < 4.78 is 0. The van der Waals surface area contributed by atoms with Gasteiger partial charge in [0.1, 0.15) is 0 Å². The summed E-state index contributed by atoms with van der Waals surface area (Å²) in [5, 5.41) is 5.43. The van der Waals surface area contributed by atoms with E-state index in [1.54, 1.807) is 0 Å². The highest BCUT2D eigenvalue weighted by Gasteiger charge is 2.26. The molecule has 2 rings (SSSR count). The van der Waals surface area contributed by atoms with Crippen molar-refractivity contribution in [3.05, 3.63) is 0 Å². The van der Waals surface area contributed by atoms with E-state index >= 15 is 0 Å². The van der Waals surface area contributed by atoms with Crippen LogP contribution in [0.3, 0.4) is 0 Å². The summed E-state index contributed by atoms with van der Waals surface area (Å²) in [4.78, 5) is 26.2. The molecule has 0 aromatic rings. The van der Waals surface area contributed by atoms with Crippen molar-refractivity contribution in [2.75, 3.05) is 13.1 Å². The van der Waals surface area contributed by atoms with Gasteiger partial charge in [0, 0.05) is 6.04 Å². The van der Waals surface area contributed by atoms with Crippen LogP contribution < -0.4 is 10.6 Å². The predicted octanol–water partition coefficient (Wildman–Crippen LogP) is 2.27.